The number of aliphatic imine (C=N–C) groups is 1. The molecule has 1 aliphatic rings. The molecule has 1 heterocycles. The van der Waals surface area contributed by atoms with Gasteiger partial charge in [-0.1, -0.05) is 0 Å². The van der Waals surface area contributed by atoms with Crippen molar-refractivity contribution in [3.8, 4) is 11.5 Å². The number of nitrogens with one attached hydrogen (secondary N) is 2. The molecule has 0 saturated carbocycles. The Labute approximate surface area is 186 Å². The van der Waals surface area contributed by atoms with Crippen molar-refractivity contribution >= 4 is 35.6 Å². The van der Waals surface area contributed by atoms with Crippen LogP contribution in [0.15, 0.2) is 23.2 Å². The molecule has 1 fully saturated rings. The highest BCUT2D eigenvalue weighted by Gasteiger charge is 2.24. The average molecular weight is 506 g/mol. The summed E-state index contributed by atoms with van der Waals surface area (Å²) in [6.07, 6.45) is 2.29. The van der Waals surface area contributed by atoms with Gasteiger partial charge in [-0.15, -0.1) is 24.0 Å². The van der Waals surface area contributed by atoms with E-state index < -0.39 is 0 Å². The summed E-state index contributed by atoms with van der Waals surface area (Å²) in [6, 6.07) is 6.34. The molecule has 160 valence electrons. The topological polar surface area (TPSA) is 67.4 Å². The number of hydrogen-bond donors (Lipinski definition) is 2. The molecule has 1 atom stereocenters. The fourth-order valence-electron chi connectivity index (χ4n) is 3.07. The van der Waals surface area contributed by atoms with Crippen LogP contribution in [0.1, 0.15) is 26.7 Å². The van der Waals surface area contributed by atoms with E-state index in [9.17, 15) is 0 Å². The standard InChI is InChI=1S/C20H34N4O3.HI/c1-15(2)27-10-6-8-22-20(21-3)23-16-7-9-24(14-16)17-11-18(25-4)13-19(12-17)26-5;/h11-13,15-16H,6-10,14H2,1-5H3,(H2,21,22,23);1H. The van der Waals surface area contributed by atoms with E-state index in [1.54, 1.807) is 21.3 Å². The Balaban J connectivity index is 0.00000392. The maximum absolute atomic E-state index is 5.56. The summed E-state index contributed by atoms with van der Waals surface area (Å²) in [5.74, 6) is 2.46. The van der Waals surface area contributed by atoms with Crippen molar-refractivity contribution in [1.82, 2.24) is 10.6 Å². The molecule has 1 aromatic carbocycles. The number of guanidine groups is 1. The van der Waals surface area contributed by atoms with Gasteiger partial charge in [0, 0.05) is 63.2 Å². The van der Waals surface area contributed by atoms with Gasteiger partial charge in [0.2, 0.25) is 0 Å². The fourth-order valence-corrected chi connectivity index (χ4v) is 3.07. The van der Waals surface area contributed by atoms with Crippen LogP contribution in [0, 0.1) is 0 Å². The van der Waals surface area contributed by atoms with Crippen molar-refractivity contribution in [2.45, 2.75) is 38.8 Å². The van der Waals surface area contributed by atoms with Gasteiger partial charge in [-0.3, -0.25) is 4.99 Å². The summed E-state index contributed by atoms with van der Waals surface area (Å²) in [5.41, 5.74) is 1.12. The monoisotopic (exact) mass is 506 g/mol. The predicted octanol–water partition coefficient (Wildman–Crippen LogP) is 2.88. The molecule has 0 bridgehead atoms. The zero-order chi connectivity index (χ0) is 19.6. The molecule has 28 heavy (non-hydrogen) atoms. The highest BCUT2D eigenvalue weighted by molar-refractivity contribution is 14.0. The number of hydrogen-bond acceptors (Lipinski definition) is 5. The van der Waals surface area contributed by atoms with E-state index in [0.29, 0.717) is 6.04 Å². The van der Waals surface area contributed by atoms with E-state index in [4.69, 9.17) is 14.2 Å². The Morgan fingerprint density at radius 2 is 1.89 bits per heavy atom. The first-order valence-electron chi connectivity index (χ1n) is 9.62. The molecule has 2 N–H and O–H groups in total. The van der Waals surface area contributed by atoms with Crippen LogP contribution in [-0.4, -0.2) is 65.6 Å². The summed E-state index contributed by atoms with van der Waals surface area (Å²) >= 11 is 0. The summed E-state index contributed by atoms with van der Waals surface area (Å²) in [6.45, 7) is 7.60. The van der Waals surface area contributed by atoms with Crippen molar-refractivity contribution in [2.75, 3.05) is 52.4 Å². The van der Waals surface area contributed by atoms with Gasteiger partial charge in [0.1, 0.15) is 11.5 Å². The second-order valence-electron chi connectivity index (χ2n) is 6.92. The number of halogens is 1. The molecule has 1 unspecified atom stereocenters. The maximum Gasteiger partial charge on any atom is 0.191 e. The lowest BCUT2D eigenvalue weighted by Crippen LogP contribution is -2.45. The molecule has 1 aromatic rings. The molecule has 1 saturated heterocycles. The van der Waals surface area contributed by atoms with E-state index in [2.05, 4.69) is 34.4 Å². The third-order valence-electron chi connectivity index (χ3n) is 4.52. The summed E-state index contributed by atoms with van der Waals surface area (Å²) in [5, 5.41) is 6.88. The first-order valence-corrected chi connectivity index (χ1v) is 9.62. The van der Waals surface area contributed by atoms with Gasteiger partial charge in [-0.05, 0) is 26.7 Å². The lowest BCUT2D eigenvalue weighted by atomic mass is 10.2. The van der Waals surface area contributed by atoms with E-state index >= 15 is 0 Å². The van der Waals surface area contributed by atoms with Crippen LogP contribution in [0.5, 0.6) is 11.5 Å². The summed E-state index contributed by atoms with van der Waals surface area (Å²) in [4.78, 5) is 6.67. The highest BCUT2D eigenvalue weighted by Crippen LogP contribution is 2.30. The van der Waals surface area contributed by atoms with Crippen molar-refractivity contribution in [2.24, 2.45) is 4.99 Å². The molecule has 0 aliphatic carbocycles. The first kappa shape index (κ1) is 24.6. The molecule has 2 rings (SSSR count). The maximum atomic E-state index is 5.56. The normalized spacial score (nSPS) is 16.7. The van der Waals surface area contributed by atoms with Gasteiger partial charge in [0.05, 0.1) is 20.3 Å². The van der Waals surface area contributed by atoms with Gasteiger partial charge in [0.15, 0.2) is 5.96 Å². The second kappa shape index (κ2) is 12.9. The van der Waals surface area contributed by atoms with Crippen LogP contribution >= 0.6 is 24.0 Å². The van der Waals surface area contributed by atoms with E-state index in [1.807, 2.05) is 18.2 Å². The molecule has 8 heteroatoms. The average Bonchev–Trinajstić information content (AvgIpc) is 3.14. The first-order chi connectivity index (χ1) is 13.0. The molecule has 0 amide bonds. The minimum absolute atomic E-state index is 0. The van der Waals surface area contributed by atoms with Crippen LogP contribution in [0.4, 0.5) is 5.69 Å². The Hall–Kier alpha value is -1.42. The summed E-state index contributed by atoms with van der Waals surface area (Å²) < 4.78 is 16.3. The predicted molar refractivity (Wildman–Crippen MR) is 126 cm³/mol. The molecule has 7 nitrogen and oxygen atoms in total. The fraction of sp³-hybridized carbons (Fsp3) is 0.650. The summed E-state index contributed by atoms with van der Waals surface area (Å²) in [7, 11) is 5.16. The van der Waals surface area contributed by atoms with Crippen molar-refractivity contribution in [3.63, 3.8) is 0 Å². The Morgan fingerprint density at radius 1 is 1.21 bits per heavy atom. The molecule has 0 radical (unpaired) electrons. The van der Waals surface area contributed by atoms with Crippen LogP contribution < -0.4 is 25.0 Å². The van der Waals surface area contributed by atoms with Crippen LogP contribution in [0.25, 0.3) is 0 Å². The van der Waals surface area contributed by atoms with Crippen LogP contribution in [-0.2, 0) is 4.74 Å². The van der Waals surface area contributed by atoms with Crippen molar-refractivity contribution in [1.29, 1.82) is 0 Å². The van der Waals surface area contributed by atoms with Gasteiger partial charge >= 0.3 is 0 Å². The van der Waals surface area contributed by atoms with E-state index in [1.165, 1.54) is 0 Å². The zero-order valence-corrected chi connectivity index (χ0v) is 20.0. The zero-order valence-electron chi connectivity index (χ0n) is 17.7. The Kier molecular flexibility index (Phi) is 11.4. The molecule has 0 spiro atoms. The van der Waals surface area contributed by atoms with E-state index in [0.717, 1.165) is 62.2 Å². The van der Waals surface area contributed by atoms with Gasteiger partial charge in [0.25, 0.3) is 0 Å². The largest absolute Gasteiger partial charge is 0.497 e. The SMILES string of the molecule is CN=C(NCCCOC(C)C)NC1CCN(c2cc(OC)cc(OC)c2)C1.I. The highest BCUT2D eigenvalue weighted by atomic mass is 127. The minimum atomic E-state index is 0. The quantitative estimate of drug-likeness (QED) is 0.233. The number of anilines is 1. The molecular weight excluding hydrogens is 471 g/mol. The lowest BCUT2D eigenvalue weighted by Gasteiger charge is -2.21. The smallest absolute Gasteiger partial charge is 0.191 e. The van der Waals surface area contributed by atoms with Crippen LogP contribution in [0.3, 0.4) is 0 Å². The minimum Gasteiger partial charge on any atom is -0.497 e. The van der Waals surface area contributed by atoms with E-state index in [-0.39, 0.29) is 30.1 Å². The molecule has 0 aromatic heterocycles. The second-order valence-corrected chi connectivity index (χ2v) is 6.92. The van der Waals surface area contributed by atoms with Crippen molar-refractivity contribution < 1.29 is 14.2 Å². The number of benzene rings is 1. The molecular formula is C20H35IN4O3. The van der Waals surface area contributed by atoms with Crippen LogP contribution in [0.2, 0.25) is 0 Å². The van der Waals surface area contributed by atoms with Gasteiger partial charge in [-0.25, -0.2) is 0 Å². The third kappa shape index (κ3) is 7.90. The number of rotatable bonds is 9. The number of nitrogens with zero attached hydrogens (tertiary/aromatic N) is 2. The third-order valence-corrected chi connectivity index (χ3v) is 4.52. The number of methoxy groups -OCH3 is 2. The number of ether oxygens (including phenoxy) is 3. The van der Waals surface area contributed by atoms with Gasteiger partial charge in [-0.2, -0.15) is 0 Å². The molecule has 1 aliphatic heterocycles. The Bertz CT molecular complexity index is 591. The van der Waals surface area contributed by atoms with Crippen molar-refractivity contribution in [3.05, 3.63) is 18.2 Å². The lowest BCUT2D eigenvalue weighted by molar-refractivity contribution is 0.0776. The van der Waals surface area contributed by atoms with Gasteiger partial charge < -0.3 is 29.7 Å². The Morgan fingerprint density at radius 3 is 2.46 bits per heavy atom.